The third-order valence-electron chi connectivity index (χ3n) is 5.71. The molecule has 0 unspecified atom stereocenters. The molecule has 1 aliphatic carbocycles. The fraction of sp³-hybridized carbons (Fsp3) is 0.632. The lowest BCUT2D eigenvalue weighted by molar-refractivity contribution is -0.137. The number of hydrogen-bond donors (Lipinski definition) is 0. The zero-order valence-corrected chi connectivity index (χ0v) is 14.4. The molecule has 25 heavy (non-hydrogen) atoms. The Morgan fingerprint density at radius 3 is 2.56 bits per heavy atom. The summed E-state index contributed by atoms with van der Waals surface area (Å²) in [5.41, 5.74) is -0.00939. The number of alkyl halides is 3. The maximum atomic E-state index is 12.6. The van der Waals surface area contributed by atoms with E-state index in [0.29, 0.717) is 12.1 Å². The van der Waals surface area contributed by atoms with Gasteiger partial charge in [-0.2, -0.15) is 13.2 Å². The van der Waals surface area contributed by atoms with Crippen molar-refractivity contribution in [1.82, 2.24) is 4.90 Å². The van der Waals surface area contributed by atoms with Gasteiger partial charge >= 0.3 is 6.18 Å². The normalized spacial score (nSPS) is 27.0. The molecular weight excluding hydrogens is 331 g/mol. The molecule has 2 fully saturated rings. The molecule has 1 saturated carbocycles. The minimum atomic E-state index is -4.35. The smallest absolute Gasteiger partial charge is 0.381 e. The van der Waals surface area contributed by atoms with Gasteiger partial charge in [-0.1, -0.05) is 18.6 Å². The highest BCUT2D eigenvalue weighted by atomic mass is 19.4. The van der Waals surface area contributed by atoms with Gasteiger partial charge in [0, 0.05) is 25.6 Å². The molecule has 0 radical (unpaired) electrons. The van der Waals surface area contributed by atoms with Crippen LogP contribution in [0, 0.1) is 5.41 Å². The Balaban J connectivity index is 1.65. The highest BCUT2D eigenvalue weighted by Crippen LogP contribution is 2.46. The average Bonchev–Trinajstić information content (AvgIpc) is 2.96. The predicted octanol–water partition coefficient (Wildman–Crippen LogP) is 4.06. The summed E-state index contributed by atoms with van der Waals surface area (Å²) in [7, 11) is 1.74. The molecule has 3 rings (SSSR count). The van der Waals surface area contributed by atoms with E-state index in [2.05, 4.69) is 0 Å². The fourth-order valence-corrected chi connectivity index (χ4v) is 4.41. The number of benzene rings is 1. The van der Waals surface area contributed by atoms with Gasteiger partial charge in [0.25, 0.3) is 0 Å². The number of piperidine rings is 1. The lowest BCUT2D eigenvalue weighted by Crippen LogP contribution is -2.50. The highest BCUT2D eigenvalue weighted by Gasteiger charge is 2.46. The quantitative estimate of drug-likeness (QED) is 0.818. The van der Waals surface area contributed by atoms with Crippen LogP contribution >= 0.6 is 0 Å². The van der Waals surface area contributed by atoms with Crippen LogP contribution in [0.1, 0.15) is 43.2 Å². The molecule has 1 aromatic carbocycles. The van der Waals surface area contributed by atoms with Crippen molar-refractivity contribution in [3.05, 3.63) is 35.4 Å². The summed E-state index contributed by atoms with van der Waals surface area (Å²) in [6.07, 6.45) is 1.28. The minimum Gasteiger partial charge on any atom is -0.381 e. The Morgan fingerprint density at radius 1 is 1.24 bits per heavy atom. The number of halogens is 3. The first-order valence-corrected chi connectivity index (χ1v) is 8.81. The number of hydrogen-bond acceptors (Lipinski definition) is 2. The SMILES string of the molecule is CO[C@@H]1CCC[C@]12CCCN(C(=O)Cc1ccc(C(F)(F)F)cc1)C2. The second-order valence-electron chi connectivity index (χ2n) is 7.27. The van der Waals surface area contributed by atoms with E-state index in [0.717, 1.165) is 50.8 Å². The van der Waals surface area contributed by atoms with E-state index in [-0.39, 0.29) is 23.8 Å². The van der Waals surface area contributed by atoms with Crippen molar-refractivity contribution in [3.63, 3.8) is 0 Å². The van der Waals surface area contributed by atoms with Crippen molar-refractivity contribution >= 4 is 5.91 Å². The van der Waals surface area contributed by atoms with E-state index in [1.165, 1.54) is 12.1 Å². The van der Waals surface area contributed by atoms with Crippen molar-refractivity contribution in [2.75, 3.05) is 20.2 Å². The Hall–Kier alpha value is -1.56. The number of carbonyl (C=O) groups is 1. The van der Waals surface area contributed by atoms with E-state index in [4.69, 9.17) is 4.74 Å². The molecule has 6 heteroatoms. The molecule has 0 N–H and O–H groups in total. The molecule has 0 aromatic heterocycles. The highest BCUT2D eigenvalue weighted by molar-refractivity contribution is 5.79. The lowest BCUT2D eigenvalue weighted by atomic mass is 9.76. The van der Waals surface area contributed by atoms with Crippen LogP contribution in [0.2, 0.25) is 0 Å². The molecule has 1 aromatic rings. The first kappa shape index (κ1) is 18.2. The van der Waals surface area contributed by atoms with E-state index >= 15 is 0 Å². The van der Waals surface area contributed by atoms with Crippen LogP contribution in [0.5, 0.6) is 0 Å². The van der Waals surface area contributed by atoms with E-state index in [1.54, 1.807) is 7.11 Å². The first-order chi connectivity index (χ1) is 11.8. The Labute approximate surface area is 146 Å². The number of ether oxygens (including phenoxy) is 1. The molecule has 138 valence electrons. The number of rotatable bonds is 3. The summed E-state index contributed by atoms with van der Waals surface area (Å²) in [4.78, 5) is 14.5. The fourth-order valence-electron chi connectivity index (χ4n) is 4.41. The summed E-state index contributed by atoms with van der Waals surface area (Å²) in [6, 6.07) is 4.87. The number of likely N-dealkylation sites (tertiary alicyclic amines) is 1. The van der Waals surface area contributed by atoms with Gasteiger partial charge in [-0.25, -0.2) is 0 Å². The van der Waals surface area contributed by atoms with Gasteiger partial charge in [0.2, 0.25) is 5.91 Å². The van der Waals surface area contributed by atoms with Crippen LogP contribution in [0.4, 0.5) is 13.2 Å². The summed E-state index contributed by atoms with van der Waals surface area (Å²) >= 11 is 0. The second kappa shape index (κ2) is 6.98. The third kappa shape index (κ3) is 3.84. The molecular formula is C19H24F3NO2. The van der Waals surface area contributed by atoms with E-state index in [1.807, 2.05) is 4.90 Å². The minimum absolute atomic E-state index is 0.0133. The molecule has 0 bridgehead atoms. The largest absolute Gasteiger partial charge is 0.416 e. The first-order valence-electron chi connectivity index (χ1n) is 8.81. The summed E-state index contributed by atoms with van der Waals surface area (Å²) < 4.78 is 43.5. The topological polar surface area (TPSA) is 29.5 Å². The van der Waals surface area contributed by atoms with Gasteiger partial charge in [0.1, 0.15) is 0 Å². The maximum absolute atomic E-state index is 12.6. The molecule has 1 amide bonds. The van der Waals surface area contributed by atoms with E-state index < -0.39 is 11.7 Å². The van der Waals surface area contributed by atoms with Crippen LogP contribution in [0.25, 0.3) is 0 Å². The standard InChI is InChI=1S/C19H24F3NO2/c1-25-16-4-2-9-18(16)10-3-11-23(13-18)17(24)12-14-5-7-15(8-6-14)19(20,21)22/h5-8,16H,2-4,9-13H2,1H3/t16-,18-/m1/s1. The molecule has 2 atom stereocenters. The van der Waals surface area contributed by atoms with Crippen LogP contribution in [-0.2, 0) is 22.1 Å². The number of methoxy groups -OCH3 is 1. The molecule has 1 saturated heterocycles. The Bertz CT molecular complexity index is 614. The van der Waals surface area contributed by atoms with Crippen LogP contribution in [0.3, 0.4) is 0 Å². The van der Waals surface area contributed by atoms with Gasteiger partial charge in [-0.3, -0.25) is 4.79 Å². The van der Waals surface area contributed by atoms with Gasteiger partial charge in [-0.15, -0.1) is 0 Å². The number of carbonyl (C=O) groups excluding carboxylic acids is 1. The molecule has 1 aliphatic heterocycles. The monoisotopic (exact) mass is 355 g/mol. The number of amides is 1. The Kier molecular flexibility index (Phi) is 5.09. The zero-order valence-electron chi connectivity index (χ0n) is 14.4. The van der Waals surface area contributed by atoms with Gasteiger partial charge in [-0.05, 0) is 43.4 Å². The van der Waals surface area contributed by atoms with Crippen LogP contribution in [-0.4, -0.2) is 37.1 Å². The van der Waals surface area contributed by atoms with Crippen molar-refractivity contribution in [2.24, 2.45) is 5.41 Å². The van der Waals surface area contributed by atoms with Crippen molar-refractivity contribution < 1.29 is 22.7 Å². The predicted molar refractivity (Wildman–Crippen MR) is 88.0 cm³/mol. The van der Waals surface area contributed by atoms with Crippen LogP contribution in [0.15, 0.2) is 24.3 Å². The summed E-state index contributed by atoms with van der Waals surface area (Å²) in [6.45, 7) is 1.42. The zero-order chi connectivity index (χ0) is 18.1. The van der Waals surface area contributed by atoms with Crippen molar-refractivity contribution in [2.45, 2.75) is 50.8 Å². The molecule has 2 aliphatic rings. The van der Waals surface area contributed by atoms with Gasteiger partial charge in [0.15, 0.2) is 0 Å². The average molecular weight is 355 g/mol. The van der Waals surface area contributed by atoms with E-state index in [9.17, 15) is 18.0 Å². The van der Waals surface area contributed by atoms with Crippen molar-refractivity contribution in [1.29, 1.82) is 0 Å². The number of nitrogens with zero attached hydrogens (tertiary/aromatic N) is 1. The van der Waals surface area contributed by atoms with Gasteiger partial charge < -0.3 is 9.64 Å². The lowest BCUT2D eigenvalue weighted by Gasteiger charge is -2.43. The summed E-state index contributed by atoms with van der Waals surface area (Å²) in [5.74, 6) is -0.0133. The Morgan fingerprint density at radius 2 is 1.92 bits per heavy atom. The second-order valence-corrected chi connectivity index (χ2v) is 7.27. The molecule has 3 nitrogen and oxygen atoms in total. The maximum Gasteiger partial charge on any atom is 0.416 e. The van der Waals surface area contributed by atoms with Gasteiger partial charge in [0.05, 0.1) is 18.1 Å². The summed E-state index contributed by atoms with van der Waals surface area (Å²) in [5, 5.41) is 0. The molecule has 1 heterocycles. The van der Waals surface area contributed by atoms with Crippen LogP contribution < -0.4 is 0 Å². The molecule has 1 spiro atoms. The third-order valence-corrected chi connectivity index (χ3v) is 5.71. The van der Waals surface area contributed by atoms with Crippen molar-refractivity contribution in [3.8, 4) is 0 Å².